The first-order chi connectivity index (χ1) is 15.7. The van der Waals surface area contributed by atoms with E-state index in [9.17, 15) is 13.6 Å². The number of alkyl halides is 2. The van der Waals surface area contributed by atoms with Crippen LogP contribution in [0, 0.1) is 12.3 Å². The van der Waals surface area contributed by atoms with Crippen molar-refractivity contribution in [3.63, 3.8) is 0 Å². The van der Waals surface area contributed by atoms with Crippen LogP contribution in [0.4, 0.5) is 14.5 Å². The summed E-state index contributed by atoms with van der Waals surface area (Å²) >= 11 is 0. The summed E-state index contributed by atoms with van der Waals surface area (Å²) in [6.07, 6.45) is 4.93. The van der Waals surface area contributed by atoms with Gasteiger partial charge in [-0.3, -0.25) is 24.4 Å². The van der Waals surface area contributed by atoms with Crippen LogP contribution in [0.25, 0.3) is 0 Å². The Morgan fingerprint density at radius 2 is 1.76 bits per heavy atom. The molecule has 178 valence electrons. The van der Waals surface area contributed by atoms with Crippen molar-refractivity contribution in [2.45, 2.75) is 25.7 Å². The van der Waals surface area contributed by atoms with Gasteiger partial charge in [0.05, 0.1) is 22.9 Å². The van der Waals surface area contributed by atoms with E-state index in [1.807, 2.05) is 17.9 Å². The molecule has 2 aromatic rings. The number of likely N-dealkylation sites (tertiary alicyclic amines) is 1. The normalized spacial score (nSPS) is 20.7. The van der Waals surface area contributed by atoms with Gasteiger partial charge in [0.15, 0.2) is 0 Å². The van der Waals surface area contributed by atoms with Crippen LogP contribution in [0.15, 0.2) is 42.9 Å². The lowest BCUT2D eigenvalue weighted by Gasteiger charge is -2.46. The summed E-state index contributed by atoms with van der Waals surface area (Å²) in [5.41, 5.74) is 0.880. The average Bonchev–Trinajstić information content (AvgIpc) is 3.23. The van der Waals surface area contributed by atoms with Crippen molar-refractivity contribution in [2.24, 2.45) is 5.41 Å². The molecule has 9 nitrogen and oxygen atoms in total. The molecule has 0 aliphatic carbocycles. The molecule has 2 fully saturated rings. The zero-order chi connectivity index (χ0) is 24.5. The number of halogens is 2. The van der Waals surface area contributed by atoms with Crippen molar-refractivity contribution in [3.8, 4) is 0 Å². The van der Waals surface area contributed by atoms with E-state index in [0.29, 0.717) is 18.5 Å². The van der Waals surface area contributed by atoms with E-state index in [-0.39, 0.29) is 44.9 Å². The second kappa shape index (κ2) is 11.3. The van der Waals surface area contributed by atoms with Gasteiger partial charge in [0.25, 0.3) is 24.8 Å². The number of carbonyl (C=O) groups is 3. The predicted molar refractivity (Wildman–Crippen MR) is 115 cm³/mol. The molecule has 0 radical (unpaired) electrons. The molecule has 33 heavy (non-hydrogen) atoms. The van der Waals surface area contributed by atoms with Gasteiger partial charge < -0.3 is 20.0 Å². The number of amides is 1. The molecule has 1 spiro atoms. The van der Waals surface area contributed by atoms with Gasteiger partial charge in [0, 0.05) is 50.7 Å². The molecule has 2 aromatic heterocycles. The van der Waals surface area contributed by atoms with E-state index >= 15 is 0 Å². The smallest absolute Gasteiger partial charge is 0.290 e. The monoisotopic (exact) mass is 464 g/mol. The number of piperidine rings is 1. The van der Waals surface area contributed by atoms with E-state index in [4.69, 9.17) is 19.8 Å². The van der Waals surface area contributed by atoms with Gasteiger partial charge in [0.2, 0.25) is 0 Å². The minimum Gasteiger partial charge on any atom is -0.483 e. The van der Waals surface area contributed by atoms with Crippen LogP contribution in [0.1, 0.15) is 28.9 Å². The Kier molecular flexibility index (Phi) is 8.78. The highest BCUT2D eigenvalue weighted by atomic mass is 19.3. The Hall–Kier alpha value is -3.63. The van der Waals surface area contributed by atoms with Crippen LogP contribution in [-0.2, 0) is 9.59 Å². The minimum absolute atomic E-state index is 0.0590. The molecule has 2 saturated heterocycles. The molecule has 1 atom stereocenters. The van der Waals surface area contributed by atoms with Crippen molar-refractivity contribution in [3.05, 3.63) is 54.1 Å². The highest BCUT2D eigenvalue weighted by molar-refractivity contribution is 5.94. The highest BCUT2D eigenvalue weighted by Crippen LogP contribution is 2.50. The fraction of sp³-hybridized carbons (Fsp3) is 0.409. The number of carbonyl (C=O) groups excluding carboxylic acids is 1. The largest absolute Gasteiger partial charge is 0.483 e. The quantitative estimate of drug-likeness (QED) is 0.650. The molecular formula is C22H26F2N4O5. The molecule has 0 bridgehead atoms. The average molecular weight is 464 g/mol. The van der Waals surface area contributed by atoms with Crippen molar-refractivity contribution >= 4 is 24.5 Å². The second-order valence-corrected chi connectivity index (χ2v) is 7.74. The number of aryl methyl sites for hydroxylation is 1. The standard InChI is InChI=1S/C20H22F2N4O.2CH2O2/c1-15-4-5-16(11-24-15)18(27)26-10-7-20(21,22)19(14-26)6-9-25(13-19)17-3-2-8-23-12-17;2*2-1-3/h2-5,8,11-12H,6-7,9-10,13-14H2,1H3;2*1H,(H,2,3). The lowest BCUT2D eigenvalue weighted by atomic mass is 9.75. The van der Waals surface area contributed by atoms with Crippen LogP contribution in [-0.4, -0.2) is 76.0 Å². The van der Waals surface area contributed by atoms with Gasteiger partial charge in [-0.1, -0.05) is 0 Å². The van der Waals surface area contributed by atoms with E-state index in [2.05, 4.69) is 9.97 Å². The van der Waals surface area contributed by atoms with Gasteiger partial charge in [0.1, 0.15) is 0 Å². The molecule has 1 amide bonds. The molecule has 1 unspecified atom stereocenters. The van der Waals surface area contributed by atoms with E-state index in [0.717, 1.165) is 11.4 Å². The summed E-state index contributed by atoms with van der Waals surface area (Å²) < 4.78 is 29.9. The van der Waals surface area contributed by atoms with E-state index < -0.39 is 11.3 Å². The number of hydrogen-bond donors (Lipinski definition) is 2. The maximum atomic E-state index is 15.0. The van der Waals surface area contributed by atoms with Crippen LogP contribution in [0.2, 0.25) is 0 Å². The maximum absolute atomic E-state index is 15.0. The van der Waals surface area contributed by atoms with Crippen LogP contribution in [0.3, 0.4) is 0 Å². The Bertz CT molecular complexity index is 924. The summed E-state index contributed by atoms with van der Waals surface area (Å²) in [7, 11) is 0. The maximum Gasteiger partial charge on any atom is 0.290 e. The van der Waals surface area contributed by atoms with Crippen molar-refractivity contribution in [1.29, 1.82) is 0 Å². The Labute approximate surface area is 189 Å². The summed E-state index contributed by atoms with van der Waals surface area (Å²) in [5, 5.41) is 13.8. The SMILES string of the molecule is Cc1ccc(C(=O)N2CCC(F)(F)C3(CCN(c4cccnc4)C3)C2)cn1.O=CO.O=CO. The molecule has 2 aliphatic rings. The molecule has 0 saturated carbocycles. The fourth-order valence-corrected chi connectivity index (χ4v) is 4.11. The molecular weight excluding hydrogens is 438 g/mol. The third-order valence-electron chi connectivity index (χ3n) is 5.78. The molecule has 0 aromatic carbocycles. The fourth-order valence-electron chi connectivity index (χ4n) is 4.11. The van der Waals surface area contributed by atoms with E-state index in [1.165, 1.54) is 6.20 Å². The minimum atomic E-state index is -2.80. The molecule has 2 aliphatic heterocycles. The second-order valence-electron chi connectivity index (χ2n) is 7.74. The number of anilines is 1. The lowest BCUT2D eigenvalue weighted by Crippen LogP contribution is -2.58. The van der Waals surface area contributed by atoms with Crippen LogP contribution < -0.4 is 4.90 Å². The summed E-state index contributed by atoms with van der Waals surface area (Å²) in [5.74, 6) is -3.02. The molecule has 11 heteroatoms. The van der Waals surface area contributed by atoms with Crippen molar-refractivity contribution < 1.29 is 33.4 Å². The topological polar surface area (TPSA) is 124 Å². The number of aromatic nitrogens is 2. The molecule has 4 heterocycles. The molecule has 2 N–H and O–H groups in total. The van der Waals surface area contributed by atoms with Crippen LogP contribution >= 0.6 is 0 Å². The Morgan fingerprint density at radius 1 is 1.06 bits per heavy atom. The number of hydrogen-bond acceptors (Lipinski definition) is 6. The number of carboxylic acid groups (broad SMARTS) is 2. The van der Waals surface area contributed by atoms with Gasteiger partial charge >= 0.3 is 0 Å². The van der Waals surface area contributed by atoms with Crippen molar-refractivity contribution in [2.75, 3.05) is 31.1 Å². The third-order valence-corrected chi connectivity index (χ3v) is 5.78. The third kappa shape index (κ3) is 5.99. The first-order valence-corrected chi connectivity index (χ1v) is 10.1. The van der Waals surface area contributed by atoms with E-state index in [1.54, 1.807) is 35.5 Å². The number of nitrogens with zero attached hydrogens (tertiary/aromatic N) is 4. The first-order valence-electron chi connectivity index (χ1n) is 10.1. The highest BCUT2D eigenvalue weighted by Gasteiger charge is 2.60. The predicted octanol–water partition coefficient (Wildman–Crippen LogP) is 2.56. The lowest BCUT2D eigenvalue weighted by molar-refractivity contribution is -0.150. The zero-order valence-corrected chi connectivity index (χ0v) is 18.1. The van der Waals surface area contributed by atoms with Gasteiger partial charge in [-0.25, -0.2) is 8.78 Å². The Balaban J connectivity index is 0.000000582. The summed E-state index contributed by atoms with van der Waals surface area (Å²) in [6.45, 7) is 2.23. The van der Waals surface area contributed by atoms with Gasteiger partial charge in [-0.2, -0.15) is 0 Å². The summed E-state index contributed by atoms with van der Waals surface area (Å²) in [4.78, 5) is 41.3. The van der Waals surface area contributed by atoms with Crippen LogP contribution in [0.5, 0.6) is 0 Å². The summed E-state index contributed by atoms with van der Waals surface area (Å²) in [6, 6.07) is 7.16. The number of pyridine rings is 2. The van der Waals surface area contributed by atoms with Gasteiger partial charge in [-0.15, -0.1) is 0 Å². The first kappa shape index (κ1) is 25.6. The Morgan fingerprint density at radius 3 is 2.33 bits per heavy atom. The number of rotatable bonds is 2. The van der Waals surface area contributed by atoms with Crippen molar-refractivity contribution in [1.82, 2.24) is 14.9 Å². The zero-order valence-electron chi connectivity index (χ0n) is 18.1. The van der Waals surface area contributed by atoms with Gasteiger partial charge in [-0.05, 0) is 37.6 Å². The molecule has 4 rings (SSSR count).